The van der Waals surface area contributed by atoms with E-state index in [1.165, 1.54) is 0 Å². The molecule has 0 saturated carbocycles. The summed E-state index contributed by atoms with van der Waals surface area (Å²) in [7, 11) is 1.72. The standard InChI is InChI=1S/C11H14N2O/c1-3-5-9-6-4-7-10(13-8-14)11(9)12-2/h4-8H,3H2,1-2H3,(H,13,14)/b9-5-,12-11?. The van der Waals surface area contributed by atoms with Gasteiger partial charge in [-0.05, 0) is 18.1 Å². The van der Waals surface area contributed by atoms with Gasteiger partial charge < -0.3 is 5.32 Å². The van der Waals surface area contributed by atoms with Crippen molar-refractivity contribution < 1.29 is 4.79 Å². The minimum absolute atomic E-state index is 0.666. The van der Waals surface area contributed by atoms with Crippen molar-refractivity contribution in [3.63, 3.8) is 0 Å². The molecule has 0 atom stereocenters. The van der Waals surface area contributed by atoms with Gasteiger partial charge in [0.25, 0.3) is 0 Å². The largest absolute Gasteiger partial charge is 0.327 e. The highest BCUT2D eigenvalue weighted by molar-refractivity contribution is 6.15. The molecule has 0 aromatic carbocycles. The molecule has 1 aliphatic rings. The fourth-order valence-electron chi connectivity index (χ4n) is 1.38. The van der Waals surface area contributed by atoms with Crippen LogP contribution < -0.4 is 5.32 Å². The van der Waals surface area contributed by atoms with Gasteiger partial charge in [0.05, 0.1) is 11.4 Å². The van der Waals surface area contributed by atoms with Crippen molar-refractivity contribution in [1.29, 1.82) is 0 Å². The molecule has 1 N–H and O–H groups in total. The van der Waals surface area contributed by atoms with Crippen LogP contribution in [0.4, 0.5) is 0 Å². The minimum Gasteiger partial charge on any atom is -0.327 e. The lowest BCUT2D eigenvalue weighted by Crippen LogP contribution is -2.21. The Morgan fingerprint density at radius 1 is 1.57 bits per heavy atom. The molecule has 0 aliphatic heterocycles. The van der Waals surface area contributed by atoms with E-state index in [2.05, 4.69) is 23.3 Å². The van der Waals surface area contributed by atoms with E-state index < -0.39 is 0 Å². The summed E-state index contributed by atoms with van der Waals surface area (Å²) in [5.74, 6) is 0. The van der Waals surface area contributed by atoms with Crippen LogP contribution in [0.2, 0.25) is 0 Å². The summed E-state index contributed by atoms with van der Waals surface area (Å²) in [5, 5.41) is 2.63. The molecule has 1 aliphatic carbocycles. The van der Waals surface area contributed by atoms with Crippen LogP contribution in [-0.2, 0) is 4.79 Å². The third-order valence-electron chi connectivity index (χ3n) is 1.93. The molecule has 0 aromatic rings. The van der Waals surface area contributed by atoms with Crippen molar-refractivity contribution in [2.45, 2.75) is 13.3 Å². The maximum Gasteiger partial charge on any atom is 0.211 e. The van der Waals surface area contributed by atoms with Gasteiger partial charge in [-0.2, -0.15) is 0 Å². The number of hydrogen-bond donors (Lipinski definition) is 1. The Labute approximate surface area is 83.9 Å². The lowest BCUT2D eigenvalue weighted by molar-refractivity contribution is -0.108. The highest BCUT2D eigenvalue weighted by Gasteiger charge is 2.11. The van der Waals surface area contributed by atoms with Crippen LogP contribution in [0.1, 0.15) is 13.3 Å². The fourth-order valence-corrected chi connectivity index (χ4v) is 1.38. The van der Waals surface area contributed by atoms with Gasteiger partial charge in [-0.25, -0.2) is 0 Å². The van der Waals surface area contributed by atoms with E-state index in [0.29, 0.717) is 6.41 Å². The SMILES string of the molecule is CC/C=C1/C=CC=C(NC=O)C1=NC. The summed E-state index contributed by atoms with van der Waals surface area (Å²) in [6, 6.07) is 0. The zero-order valence-corrected chi connectivity index (χ0v) is 8.45. The number of rotatable bonds is 3. The third kappa shape index (κ3) is 2.19. The first kappa shape index (κ1) is 10.4. The van der Waals surface area contributed by atoms with Crippen molar-refractivity contribution in [1.82, 2.24) is 5.32 Å². The average Bonchev–Trinajstić information content (AvgIpc) is 2.19. The second-order valence-corrected chi connectivity index (χ2v) is 2.84. The Morgan fingerprint density at radius 3 is 2.93 bits per heavy atom. The first-order valence-corrected chi connectivity index (χ1v) is 4.59. The molecule has 0 radical (unpaired) electrons. The third-order valence-corrected chi connectivity index (χ3v) is 1.93. The van der Waals surface area contributed by atoms with Crippen LogP contribution in [0.3, 0.4) is 0 Å². The topological polar surface area (TPSA) is 41.5 Å². The van der Waals surface area contributed by atoms with Gasteiger partial charge in [0.1, 0.15) is 0 Å². The van der Waals surface area contributed by atoms with Gasteiger partial charge in [-0.15, -0.1) is 0 Å². The Kier molecular flexibility index (Phi) is 3.85. The summed E-state index contributed by atoms with van der Waals surface area (Å²) in [6.45, 7) is 2.07. The molecule has 0 spiro atoms. The predicted molar refractivity (Wildman–Crippen MR) is 58.2 cm³/mol. The summed E-state index contributed by atoms with van der Waals surface area (Å²) < 4.78 is 0. The summed E-state index contributed by atoms with van der Waals surface area (Å²) >= 11 is 0. The molecule has 1 amide bonds. The van der Waals surface area contributed by atoms with Crippen molar-refractivity contribution in [3.8, 4) is 0 Å². The van der Waals surface area contributed by atoms with Crippen molar-refractivity contribution in [3.05, 3.63) is 35.6 Å². The van der Waals surface area contributed by atoms with E-state index in [-0.39, 0.29) is 0 Å². The number of amides is 1. The molecule has 0 bridgehead atoms. The Bertz CT molecular complexity index is 335. The first-order valence-electron chi connectivity index (χ1n) is 4.59. The highest BCUT2D eigenvalue weighted by Crippen LogP contribution is 2.13. The Hall–Kier alpha value is -1.64. The zero-order chi connectivity index (χ0) is 10.4. The van der Waals surface area contributed by atoms with Gasteiger partial charge in [-0.1, -0.05) is 25.2 Å². The van der Waals surface area contributed by atoms with Crippen LogP contribution in [-0.4, -0.2) is 19.2 Å². The number of nitrogens with zero attached hydrogens (tertiary/aromatic N) is 1. The average molecular weight is 190 g/mol. The number of hydrogen-bond acceptors (Lipinski definition) is 2. The fraction of sp³-hybridized carbons (Fsp3) is 0.273. The lowest BCUT2D eigenvalue weighted by atomic mass is 10.0. The van der Waals surface area contributed by atoms with Crippen LogP contribution >= 0.6 is 0 Å². The van der Waals surface area contributed by atoms with E-state index in [0.717, 1.165) is 23.4 Å². The van der Waals surface area contributed by atoms with E-state index in [9.17, 15) is 4.79 Å². The maximum absolute atomic E-state index is 10.3. The quantitative estimate of drug-likeness (QED) is 0.675. The summed E-state index contributed by atoms with van der Waals surface area (Å²) in [5.41, 5.74) is 2.65. The molecule has 3 nitrogen and oxygen atoms in total. The van der Waals surface area contributed by atoms with E-state index in [4.69, 9.17) is 0 Å². The van der Waals surface area contributed by atoms with E-state index in [1.807, 2.05) is 18.2 Å². The molecule has 14 heavy (non-hydrogen) atoms. The van der Waals surface area contributed by atoms with Crippen LogP contribution in [0.25, 0.3) is 0 Å². The second-order valence-electron chi connectivity index (χ2n) is 2.84. The maximum atomic E-state index is 10.3. The first-order chi connectivity index (χ1) is 6.83. The lowest BCUT2D eigenvalue weighted by Gasteiger charge is -2.13. The molecule has 3 heteroatoms. The zero-order valence-electron chi connectivity index (χ0n) is 8.45. The summed E-state index contributed by atoms with van der Waals surface area (Å²) in [6.07, 6.45) is 9.43. The number of allylic oxidation sites excluding steroid dienone is 5. The molecule has 74 valence electrons. The Balaban J connectivity index is 2.99. The molecule has 0 aromatic heterocycles. The van der Waals surface area contributed by atoms with Crippen LogP contribution in [0, 0.1) is 0 Å². The minimum atomic E-state index is 0.666. The highest BCUT2D eigenvalue weighted by atomic mass is 16.1. The van der Waals surface area contributed by atoms with Gasteiger partial charge >= 0.3 is 0 Å². The van der Waals surface area contributed by atoms with Crippen molar-refractivity contribution in [2.75, 3.05) is 7.05 Å². The van der Waals surface area contributed by atoms with E-state index >= 15 is 0 Å². The predicted octanol–water partition coefficient (Wildman–Crippen LogP) is 1.59. The van der Waals surface area contributed by atoms with Gasteiger partial charge in [0, 0.05) is 7.05 Å². The van der Waals surface area contributed by atoms with Crippen LogP contribution in [0.5, 0.6) is 0 Å². The van der Waals surface area contributed by atoms with E-state index in [1.54, 1.807) is 7.05 Å². The molecule has 0 heterocycles. The van der Waals surface area contributed by atoms with Crippen molar-refractivity contribution in [2.24, 2.45) is 4.99 Å². The molecule has 0 saturated heterocycles. The monoisotopic (exact) mass is 190 g/mol. The smallest absolute Gasteiger partial charge is 0.211 e. The van der Waals surface area contributed by atoms with Crippen LogP contribution in [0.15, 0.2) is 40.6 Å². The molecule has 0 unspecified atom stereocenters. The van der Waals surface area contributed by atoms with Gasteiger partial charge in [-0.3, -0.25) is 9.79 Å². The van der Waals surface area contributed by atoms with Gasteiger partial charge in [0.2, 0.25) is 6.41 Å². The van der Waals surface area contributed by atoms with Crippen molar-refractivity contribution >= 4 is 12.1 Å². The second kappa shape index (κ2) is 5.17. The summed E-state index contributed by atoms with van der Waals surface area (Å²) in [4.78, 5) is 14.5. The normalized spacial score (nSPS) is 21.1. The number of aliphatic imine (C=N–C) groups is 1. The molecule has 0 fully saturated rings. The Morgan fingerprint density at radius 2 is 2.36 bits per heavy atom. The molecular formula is C11H14N2O. The number of carbonyl (C=O) groups excluding carboxylic acids is 1. The molecule has 1 rings (SSSR count). The number of carbonyl (C=O) groups is 1. The van der Waals surface area contributed by atoms with Gasteiger partial charge in [0.15, 0.2) is 0 Å². The number of nitrogens with one attached hydrogen (secondary N) is 1. The molecular weight excluding hydrogens is 176 g/mol.